The van der Waals surface area contributed by atoms with Gasteiger partial charge in [0, 0.05) is 0 Å². The molecule has 0 amide bonds. The van der Waals surface area contributed by atoms with Crippen molar-refractivity contribution in [3.05, 3.63) is 0 Å². The summed E-state index contributed by atoms with van der Waals surface area (Å²) in [5, 5.41) is 13.0. The van der Waals surface area contributed by atoms with Crippen molar-refractivity contribution in [1.82, 2.24) is 10.2 Å². The third kappa shape index (κ3) is 3.86. The molecule has 0 aromatic rings. The van der Waals surface area contributed by atoms with E-state index in [9.17, 15) is 9.81 Å². The quantitative estimate of drug-likeness (QED) is 0.594. The van der Waals surface area contributed by atoms with Gasteiger partial charge in [-0.3, -0.25) is 0 Å². The molecule has 0 bridgehead atoms. The van der Waals surface area contributed by atoms with Crippen molar-refractivity contribution in [1.29, 1.82) is 0 Å². The average Bonchev–Trinajstić information content (AvgIpc) is 2.06. The molecule has 1 saturated heterocycles. The standard InChI is InChI=1S/C9H19BN2O2/c1-9(2,13)5-8-6-11-3-4-12(8)7-10-14/h8,11,13H,3-7H2,1-2H3. The predicted molar refractivity (Wildman–Crippen MR) is 55.6 cm³/mol. The second-order valence-electron chi connectivity index (χ2n) is 4.54. The third-order valence-electron chi connectivity index (χ3n) is 2.52. The minimum atomic E-state index is -0.662. The molecule has 80 valence electrons. The van der Waals surface area contributed by atoms with Crippen molar-refractivity contribution < 1.29 is 9.81 Å². The Hall–Kier alpha value is -0.255. The molecular weight excluding hydrogens is 179 g/mol. The van der Waals surface area contributed by atoms with Crippen LogP contribution < -0.4 is 5.32 Å². The molecule has 0 aromatic carbocycles. The van der Waals surface area contributed by atoms with Crippen molar-refractivity contribution in [2.75, 3.05) is 26.1 Å². The zero-order chi connectivity index (χ0) is 10.6. The first-order valence-electron chi connectivity index (χ1n) is 5.14. The van der Waals surface area contributed by atoms with Gasteiger partial charge in [-0.1, -0.05) is 0 Å². The van der Waals surface area contributed by atoms with Crippen LogP contribution in [0.15, 0.2) is 0 Å². The van der Waals surface area contributed by atoms with E-state index in [0.29, 0.717) is 12.9 Å². The van der Waals surface area contributed by atoms with Crippen LogP contribution in [0.4, 0.5) is 0 Å². The Morgan fingerprint density at radius 1 is 1.64 bits per heavy atom. The van der Waals surface area contributed by atoms with Gasteiger partial charge in [0.2, 0.25) is 0 Å². The molecule has 0 spiro atoms. The van der Waals surface area contributed by atoms with Crippen LogP contribution in [0, 0.1) is 0 Å². The molecule has 1 atom stereocenters. The average molecular weight is 198 g/mol. The van der Waals surface area contributed by atoms with E-state index in [4.69, 9.17) is 0 Å². The Morgan fingerprint density at radius 2 is 2.36 bits per heavy atom. The molecule has 2 N–H and O–H groups in total. The summed E-state index contributed by atoms with van der Waals surface area (Å²) in [4.78, 5) is 2.13. The summed E-state index contributed by atoms with van der Waals surface area (Å²) in [6.07, 6.45) is 1.18. The van der Waals surface area contributed by atoms with E-state index < -0.39 is 5.60 Å². The zero-order valence-electron chi connectivity index (χ0n) is 8.99. The molecule has 0 radical (unpaired) electrons. The van der Waals surface area contributed by atoms with Crippen LogP contribution >= 0.6 is 0 Å². The maximum atomic E-state index is 10.5. The molecule has 5 heteroatoms. The number of hydrogen-bond donors (Lipinski definition) is 2. The summed E-state index contributed by atoms with van der Waals surface area (Å²) in [6.45, 7) is 6.29. The first-order chi connectivity index (χ1) is 6.53. The molecule has 1 aliphatic heterocycles. The number of rotatable bonds is 4. The molecule has 1 rings (SSSR count). The molecule has 0 aromatic heterocycles. The predicted octanol–water partition coefficient (Wildman–Crippen LogP) is -0.572. The van der Waals surface area contributed by atoms with Gasteiger partial charge < -0.3 is 0 Å². The molecule has 0 saturated carbocycles. The first kappa shape index (κ1) is 11.8. The Kier molecular flexibility index (Phi) is 4.22. The molecule has 1 unspecified atom stereocenters. The SMILES string of the molecule is CC(C)(O)CC1CNCCN1CB=O. The number of aliphatic hydroxyl groups is 1. The second kappa shape index (κ2) is 5.00. The van der Waals surface area contributed by atoms with Gasteiger partial charge in [-0.2, -0.15) is 0 Å². The van der Waals surface area contributed by atoms with E-state index >= 15 is 0 Å². The first-order valence-corrected chi connectivity index (χ1v) is 5.14. The number of nitrogens with one attached hydrogen (secondary N) is 1. The van der Waals surface area contributed by atoms with E-state index in [0.717, 1.165) is 26.8 Å². The molecule has 14 heavy (non-hydrogen) atoms. The van der Waals surface area contributed by atoms with Gasteiger partial charge in [-0.05, 0) is 0 Å². The van der Waals surface area contributed by atoms with Crippen molar-refractivity contribution in [2.45, 2.75) is 31.9 Å². The van der Waals surface area contributed by atoms with Gasteiger partial charge in [0.15, 0.2) is 0 Å². The Bertz CT molecular complexity index is 194. The van der Waals surface area contributed by atoms with Crippen molar-refractivity contribution in [2.24, 2.45) is 0 Å². The van der Waals surface area contributed by atoms with E-state index in [1.807, 2.05) is 0 Å². The van der Waals surface area contributed by atoms with Crippen LogP contribution in [-0.2, 0) is 4.70 Å². The fraction of sp³-hybridized carbons (Fsp3) is 1.00. The van der Waals surface area contributed by atoms with E-state index in [1.165, 1.54) is 0 Å². The van der Waals surface area contributed by atoms with Gasteiger partial charge in [0.05, 0.1) is 0 Å². The summed E-state index contributed by atoms with van der Waals surface area (Å²) in [7, 11) is 0.933. The summed E-state index contributed by atoms with van der Waals surface area (Å²) in [5.74, 6) is 0. The fourth-order valence-corrected chi connectivity index (χ4v) is 1.92. The van der Waals surface area contributed by atoms with E-state index in [2.05, 4.69) is 10.2 Å². The van der Waals surface area contributed by atoms with Crippen LogP contribution in [0.2, 0.25) is 0 Å². The van der Waals surface area contributed by atoms with Gasteiger partial charge in [0.25, 0.3) is 0 Å². The summed E-state index contributed by atoms with van der Waals surface area (Å²) in [6, 6.07) is 0.272. The summed E-state index contributed by atoms with van der Waals surface area (Å²) < 4.78 is 10.5. The zero-order valence-corrected chi connectivity index (χ0v) is 8.99. The van der Waals surface area contributed by atoms with Gasteiger partial charge >= 0.3 is 85.2 Å². The second-order valence-corrected chi connectivity index (χ2v) is 4.54. The van der Waals surface area contributed by atoms with Crippen LogP contribution in [0.25, 0.3) is 0 Å². The van der Waals surface area contributed by atoms with Crippen LogP contribution in [0.5, 0.6) is 0 Å². The van der Waals surface area contributed by atoms with Crippen molar-refractivity contribution in [3.8, 4) is 0 Å². The normalized spacial score (nSPS) is 24.6. The minimum absolute atomic E-state index is 0.272. The fourth-order valence-electron chi connectivity index (χ4n) is 1.92. The molecular formula is C9H19BN2O2. The molecule has 1 fully saturated rings. The van der Waals surface area contributed by atoms with Crippen molar-refractivity contribution >= 4 is 7.15 Å². The molecule has 0 aliphatic carbocycles. The Morgan fingerprint density at radius 3 is 2.93 bits per heavy atom. The molecule has 4 nitrogen and oxygen atoms in total. The summed E-state index contributed by atoms with van der Waals surface area (Å²) >= 11 is 0. The van der Waals surface area contributed by atoms with Crippen molar-refractivity contribution in [3.63, 3.8) is 0 Å². The number of hydrogen-bond acceptors (Lipinski definition) is 4. The summed E-state index contributed by atoms with van der Waals surface area (Å²) in [5.41, 5.74) is -0.662. The van der Waals surface area contributed by atoms with Crippen LogP contribution in [0.3, 0.4) is 0 Å². The number of piperazine rings is 1. The molecule has 1 aliphatic rings. The molecule has 1 heterocycles. The van der Waals surface area contributed by atoms with Gasteiger partial charge in [0.1, 0.15) is 0 Å². The van der Waals surface area contributed by atoms with E-state index in [-0.39, 0.29) is 6.04 Å². The monoisotopic (exact) mass is 198 g/mol. The Labute approximate surface area is 85.9 Å². The topological polar surface area (TPSA) is 52.6 Å². The van der Waals surface area contributed by atoms with Gasteiger partial charge in [-0.15, -0.1) is 0 Å². The van der Waals surface area contributed by atoms with Crippen LogP contribution in [0.1, 0.15) is 20.3 Å². The van der Waals surface area contributed by atoms with E-state index in [1.54, 1.807) is 13.8 Å². The third-order valence-corrected chi connectivity index (χ3v) is 2.52. The number of nitrogens with zero attached hydrogens (tertiary/aromatic N) is 1. The Balaban J connectivity index is 2.49. The maximum absolute atomic E-state index is 10.5. The van der Waals surface area contributed by atoms with Gasteiger partial charge in [-0.25, -0.2) is 0 Å². The van der Waals surface area contributed by atoms with Crippen LogP contribution in [-0.4, -0.2) is 54.9 Å².